The summed E-state index contributed by atoms with van der Waals surface area (Å²) in [6.45, 7) is 0.542. The Hall–Kier alpha value is -3.61. The van der Waals surface area contributed by atoms with E-state index in [9.17, 15) is 4.79 Å². The number of esters is 1. The van der Waals surface area contributed by atoms with Gasteiger partial charge in [-0.1, -0.05) is 18.2 Å². The highest BCUT2D eigenvalue weighted by Crippen LogP contribution is 2.19. The van der Waals surface area contributed by atoms with Crippen LogP contribution in [0.25, 0.3) is 11.5 Å². The van der Waals surface area contributed by atoms with E-state index in [2.05, 4.69) is 14.9 Å². The highest BCUT2D eigenvalue weighted by Gasteiger charge is 2.10. The number of rotatable bonds is 8. The van der Waals surface area contributed by atoms with E-state index in [4.69, 9.17) is 13.9 Å². The lowest BCUT2D eigenvalue weighted by molar-refractivity contribution is 0.0600. The first-order valence-corrected chi connectivity index (χ1v) is 8.22. The maximum Gasteiger partial charge on any atom is 0.337 e. The quantitative estimate of drug-likeness (QED) is 0.444. The van der Waals surface area contributed by atoms with Crippen molar-refractivity contribution in [2.75, 3.05) is 13.7 Å². The number of ether oxygens (including phenoxy) is 3. The minimum Gasteiger partial charge on any atom is -0.492 e. The first kappa shape index (κ1) is 18.2. The van der Waals surface area contributed by atoms with Crippen molar-refractivity contribution in [3.63, 3.8) is 0 Å². The summed E-state index contributed by atoms with van der Waals surface area (Å²) in [4.78, 5) is 11.4. The lowest BCUT2D eigenvalue weighted by Crippen LogP contribution is -2.00. The lowest BCUT2D eigenvalue weighted by Gasteiger charge is -2.01. The highest BCUT2D eigenvalue weighted by molar-refractivity contribution is 5.89. The number of hydrogen-bond acceptors (Lipinski definition) is 7. The van der Waals surface area contributed by atoms with E-state index >= 15 is 0 Å². The molecular formula is C20H18N2O5. The van der Waals surface area contributed by atoms with Crippen molar-refractivity contribution in [3.05, 3.63) is 78.4 Å². The number of hydrogen-bond donors (Lipinski definition) is 0. The summed E-state index contributed by atoms with van der Waals surface area (Å²) in [7, 11) is 1.34. The largest absolute Gasteiger partial charge is 0.492 e. The first-order valence-electron chi connectivity index (χ1n) is 8.22. The second-order valence-electron chi connectivity index (χ2n) is 5.38. The summed E-state index contributed by atoms with van der Waals surface area (Å²) in [6.07, 6.45) is 3.27. The molecule has 0 atom stereocenters. The second-order valence-corrected chi connectivity index (χ2v) is 5.38. The number of benzene rings is 2. The van der Waals surface area contributed by atoms with E-state index in [0.717, 1.165) is 5.75 Å². The summed E-state index contributed by atoms with van der Waals surface area (Å²) in [5.41, 5.74) is 1.15. The number of methoxy groups -OCH3 is 1. The maximum absolute atomic E-state index is 11.4. The molecule has 0 aliphatic heterocycles. The Morgan fingerprint density at radius 3 is 2.59 bits per heavy atom. The van der Waals surface area contributed by atoms with Crippen LogP contribution in [0.15, 0.2) is 71.4 Å². The molecule has 0 saturated carbocycles. The fraction of sp³-hybridized carbons (Fsp3) is 0.150. The average Bonchev–Trinajstić information content (AvgIpc) is 3.20. The van der Waals surface area contributed by atoms with Crippen molar-refractivity contribution < 1.29 is 23.4 Å². The molecule has 0 radical (unpaired) electrons. The van der Waals surface area contributed by atoms with Crippen molar-refractivity contribution in [2.24, 2.45) is 0 Å². The van der Waals surface area contributed by atoms with E-state index in [-0.39, 0.29) is 6.61 Å². The third-order valence-electron chi connectivity index (χ3n) is 3.51. The number of nitrogens with zero attached hydrogens (tertiary/aromatic N) is 2. The molecule has 138 valence electrons. The van der Waals surface area contributed by atoms with E-state index < -0.39 is 5.97 Å². The van der Waals surface area contributed by atoms with Gasteiger partial charge < -0.3 is 18.6 Å². The summed E-state index contributed by atoms with van der Waals surface area (Å²) in [5.74, 6) is 1.09. The third-order valence-corrected chi connectivity index (χ3v) is 3.51. The van der Waals surface area contributed by atoms with Gasteiger partial charge in [-0.2, -0.15) is 0 Å². The smallest absolute Gasteiger partial charge is 0.337 e. The van der Waals surface area contributed by atoms with Crippen LogP contribution in [0.2, 0.25) is 0 Å². The van der Waals surface area contributed by atoms with Gasteiger partial charge in [0.05, 0.1) is 18.9 Å². The van der Waals surface area contributed by atoms with Crippen LogP contribution in [0.3, 0.4) is 0 Å². The average molecular weight is 366 g/mol. The fourth-order valence-electron chi connectivity index (χ4n) is 2.18. The number of aromatic nitrogens is 2. The van der Waals surface area contributed by atoms with Crippen LogP contribution in [-0.2, 0) is 16.1 Å². The Morgan fingerprint density at radius 1 is 1.07 bits per heavy atom. The van der Waals surface area contributed by atoms with E-state index in [1.54, 1.807) is 30.3 Å². The Bertz CT molecular complexity index is 888. The van der Waals surface area contributed by atoms with Crippen molar-refractivity contribution >= 4 is 5.97 Å². The molecule has 3 aromatic rings. The van der Waals surface area contributed by atoms with E-state index in [0.29, 0.717) is 29.5 Å². The minimum atomic E-state index is -0.399. The summed E-state index contributed by atoms with van der Waals surface area (Å²) in [5, 5.41) is 7.91. The molecule has 0 unspecified atom stereocenters. The van der Waals surface area contributed by atoms with Gasteiger partial charge in [0.25, 0.3) is 5.89 Å². The van der Waals surface area contributed by atoms with Crippen molar-refractivity contribution in [3.8, 4) is 17.2 Å². The van der Waals surface area contributed by atoms with Crippen molar-refractivity contribution in [1.29, 1.82) is 0 Å². The molecule has 2 aromatic carbocycles. The predicted molar refractivity (Wildman–Crippen MR) is 96.9 cm³/mol. The molecule has 3 rings (SSSR count). The zero-order valence-corrected chi connectivity index (χ0v) is 14.7. The van der Waals surface area contributed by atoms with Crippen molar-refractivity contribution in [1.82, 2.24) is 10.2 Å². The molecule has 1 aromatic heterocycles. The van der Waals surface area contributed by atoms with Gasteiger partial charge in [-0.25, -0.2) is 4.79 Å². The van der Waals surface area contributed by atoms with Crippen LogP contribution in [0, 0.1) is 0 Å². The summed E-state index contributed by atoms with van der Waals surface area (Å²) < 4.78 is 21.1. The van der Waals surface area contributed by atoms with E-state index in [1.807, 2.05) is 30.3 Å². The van der Waals surface area contributed by atoms with Crippen LogP contribution in [0.4, 0.5) is 0 Å². The van der Waals surface area contributed by atoms with Gasteiger partial charge >= 0.3 is 5.97 Å². The molecule has 7 heteroatoms. The Balaban J connectivity index is 1.46. The molecule has 0 aliphatic carbocycles. The summed E-state index contributed by atoms with van der Waals surface area (Å²) >= 11 is 0. The number of carbonyl (C=O) groups is 1. The molecule has 0 fully saturated rings. The fourth-order valence-corrected chi connectivity index (χ4v) is 2.18. The van der Waals surface area contributed by atoms with Gasteiger partial charge in [0, 0.05) is 5.56 Å². The van der Waals surface area contributed by atoms with Gasteiger partial charge in [-0.3, -0.25) is 0 Å². The Kier molecular flexibility index (Phi) is 6.19. The SMILES string of the molecule is COC(=O)c1ccc(-c2nnc(CO/C=C/COc3ccccc3)o2)cc1. The van der Waals surface area contributed by atoms with Gasteiger partial charge in [-0.05, 0) is 42.5 Å². The van der Waals surface area contributed by atoms with Crippen LogP contribution in [-0.4, -0.2) is 29.9 Å². The van der Waals surface area contributed by atoms with Crippen LogP contribution < -0.4 is 4.74 Å². The topological polar surface area (TPSA) is 83.7 Å². The maximum atomic E-state index is 11.4. The molecule has 27 heavy (non-hydrogen) atoms. The lowest BCUT2D eigenvalue weighted by atomic mass is 10.1. The van der Waals surface area contributed by atoms with E-state index in [1.165, 1.54) is 13.4 Å². The van der Waals surface area contributed by atoms with Gasteiger partial charge in [0.2, 0.25) is 5.89 Å². The molecule has 0 aliphatic rings. The molecule has 7 nitrogen and oxygen atoms in total. The second kappa shape index (κ2) is 9.19. The Morgan fingerprint density at radius 2 is 1.85 bits per heavy atom. The monoisotopic (exact) mass is 366 g/mol. The minimum absolute atomic E-state index is 0.148. The number of carbonyl (C=O) groups excluding carboxylic acids is 1. The predicted octanol–water partition coefficient (Wildman–Crippen LogP) is 3.63. The summed E-state index contributed by atoms with van der Waals surface area (Å²) in [6, 6.07) is 16.2. The highest BCUT2D eigenvalue weighted by atomic mass is 16.5. The molecule has 0 amide bonds. The van der Waals surface area contributed by atoms with Crippen LogP contribution in [0.1, 0.15) is 16.2 Å². The Labute approximate surface area is 156 Å². The van der Waals surface area contributed by atoms with Crippen molar-refractivity contribution in [2.45, 2.75) is 6.61 Å². The molecule has 0 N–H and O–H groups in total. The molecule has 0 saturated heterocycles. The number of para-hydroxylation sites is 1. The van der Waals surface area contributed by atoms with Gasteiger partial charge in [-0.15, -0.1) is 10.2 Å². The third kappa shape index (κ3) is 5.18. The standard InChI is InChI=1S/C20H18N2O5/c1-24-20(23)16-10-8-15(9-11-16)19-22-21-18(27-19)14-25-12-5-13-26-17-6-3-2-4-7-17/h2-12H,13-14H2,1H3/b12-5+. The molecule has 1 heterocycles. The van der Waals surface area contributed by atoms with Crippen LogP contribution >= 0.6 is 0 Å². The van der Waals surface area contributed by atoms with Gasteiger partial charge in [0.15, 0.2) is 6.61 Å². The van der Waals surface area contributed by atoms with Gasteiger partial charge in [0.1, 0.15) is 12.4 Å². The first-order chi connectivity index (χ1) is 13.3. The van der Waals surface area contributed by atoms with Crippen LogP contribution in [0.5, 0.6) is 5.75 Å². The zero-order chi connectivity index (χ0) is 18.9. The zero-order valence-electron chi connectivity index (χ0n) is 14.7. The normalized spacial score (nSPS) is 10.7. The molecule has 0 spiro atoms. The molecule has 0 bridgehead atoms. The molecular weight excluding hydrogens is 348 g/mol.